The number of nitrogens with zero attached hydrogens (tertiary/aromatic N) is 1. The van der Waals surface area contributed by atoms with Gasteiger partial charge in [0.25, 0.3) is 5.91 Å². The van der Waals surface area contributed by atoms with Crippen LogP contribution >= 0.6 is 11.6 Å². The van der Waals surface area contributed by atoms with Crippen molar-refractivity contribution < 1.29 is 29.0 Å². The number of nitrogens with one attached hydrogen (secondary N) is 3. The highest BCUT2D eigenvalue weighted by atomic mass is 35.5. The van der Waals surface area contributed by atoms with E-state index >= 15 is 0 Å². The van der Waals surface area contributed by atoms with Crippen LogP contribution in [0.25, 0.3) is 10.9 Å². The molecule has 3 amide bonds. The number of carbonyl (C=O) groups is 4. The molecule has 0 unspecified atom stereocenters. The summed E-state index contributed by atoms with van der Waals surface area (Å²) in [5.74, 6) is -1.15. The fourth-order valence-corrected chi connectivity index (χ4v) is 6.46. The molecular weight excluding hydrogens is 500 g/mol. The van der Waals surface area contributed by atoms with Crippen LogP contribution in [0.5, 0.6) is 5.75 Å². The van der Waals surface area contributed by atoms with Crippen molar-refractivity contribution >= 4 is 46.0 Å². The summed E-state index contributed by atoms with van der Waals surface area (Å²) in [6.07, 6.45) is 3.40. The van der Waals surface area contributed by atoms with Crippen molar-refractivity contribution in [2.24, 2.45) is 17.8 Å². The van der Waals surface area contributed by atoms with E-state index in [1.165, 1.54) is 7.11 Å². The maximum absolute atomic E-state index is 13.7. The van der Waals surface area contributed by atoms with Crippen molar-refractivity contribution in [3.63, 3.8) is 0 Å². The van der Waals surface area contributed by atoms with Gasteiger partial charge in [0, 0.05) is 29.4 Å². The number of carbonyl (C=O) groups excluding carboxylic acids is 4. The van der Waals surface area contributed by atoms with Gasteiger partial charge < -0.3 is 30.4 Å². The van der Waals surface area contributed by atoms with Gasteiger partial charge in [0.1, 0.15) is 24.1 Å². The lowest BCUT2D eigenvalue weighted by Gasteiger charge is -2.29. The molecule has 37 heavy (non-hydrogen) atoms. The predicted octanol–water partition coefficient (Wildman–Crippen LogP) is 1.64. The topological polar surface area (TPSA) is 141 Å². The van der Waals surface area contributed by atoms with E-state index in [0.29, 0.717) is 46.9 Å². The number of likely N-dealkylation sites (tertiary alicyclic amines) is 1. The molecule has 10 nitrogen and oxygen atoms in total. The first-order valence-corrected chi connectivity index (χ1v) is 13.1. The number of benzene rings is 1. The summed E-state index contributed by atoms with van der Waals surface area (Å²) in [6, 6.07) is 3.34. The molecule has 1 aliphatic carbocycles. The maximum atomic E-state index is 13.7. The lowest BCUT2D eigenvalue weighted by atomic mass is 9.92. The van der Waals surface area contributed by atoms with Crippen LogP contribution in [0.1, 0.15) is 42.6 Å². The van der Waals surface area contributed by atoms with Crippen LogP contribution in [0.3, 0.4) is 0 Å². The summed E-state index contributed by atoms with van der Waals surface area (Å²) >= 11 is 6.19. The Morgan fingerprint density at radius 2 is 2.05 bits per heavy atom. The van der Waals surface area contributed by atoms with Gasteiger partial charge in [-0.2, -0.15) is 0 Å². The number of ether oxygens (including phenoxy) is 1. The molecule has 4 N–H and O–H groups in total. The van der Waals surface area contributed by atoms with E-state index in [1.54, 1.807) is 23.1 Å². The first-order chi connectivity index (χ1) is 17.8. The van der Waals surface area contributed by atoms with Crippen LogP contribution in [-0.2, 0) is 14.4 Å². The summed E-state index contributed by atoms with van der Waals surface area (Å²) in [6.45, 7) is 0.225. The zero-order valence-electron chi connectivity index (χ0n) is 20.6. The van der Waals surface area contributed by atoms with Crippen LogP contribution in [-0.4, -0.2) is 77.4 Å². The molecule has 1 saturated carbocycles. The molecule has 1 aromatic heterocycles. The number of methoxy groups -OCH3 is 1. The third-order valence-electron chi connectivity index (χ3n) is 8.08. The average molecular weight is 531 g/mol. The first-order valence-electron chi connectivity index (χ1n) is 12.7. The van der Waals surface area contributed by atoms with E-state index in [1.807, 2.05) is 0 Å². The second-order valence-electron chi connectivity index (χ2n) is 10.2. The number of H-pyrrole nitrogens is 1. The molecule has 2 saturated heterocycles. The fraction of sp³-hybridized carbons (Fsp3) is 0.538. The Kier molecular flexibility index (Phi) is 7.13. The first kappa shape index (κ1) is 25.5. The number of aromatic nitrogens is 1. The van der Waals surface area contributed by atoms with E-state index in [9.17, 15) is 24.3 Å². The molecule has 5 rings (SSSR count). The van der Waals surface area contributed by atoms with E-state index in [0.717, 1.165) is 19.3 Å². The second kappa shape index (κ2) is 10.3. The van der Waals surface area contributed by atoms with Gasteiger partial charge in [-0.15, -0.1) is 0 Å². The number of fused-ring (bicyclic) bond motifs is 2. The van der Waals surface area contributed by atoms with Crippen molar-refractivity contribution in [3.8, 4) is 5.75 Å². The third kappa shape index (κ3) is 4.80. The zero-order chi connectivity index (χ0) is 26.3. The summed E-state index contributed by atoms with van der Waals surface area (Å²) in [5, 5.41) is 16.2. The van der Waals surface area contributed by atoms with Gasteiger partial charge in [-0.25, -0.2) is 0 Å². The normalized spacial score (nSPS) is 25.7. The Balaban J connectivity index is 1.40. The molecule has 198 valence electrons. The molecule has 3 aliphatic rings. The quantitative estimate of drug-likeness (QED) is 0.409. The molecule has 3 fully saturated rings. The number of aliphatic hydroxyl groups is 1. The Morgan fingerprint density at radius 3 is 2.76 bits per heavy atom. The molecule has 2 aromatic rings. The second-order valence-corrected chi connectivity index (χ2v) is 10.6. The Hall–Kier alpha value is -3.11. The number of halogens is 1. The highest BCUT2D eigenvalue weighted by Gasteiger charge is 2.50. The Labute approximate surface area is 219 Å². The number of hydrogen-bond acceptors (Lipinski definition) is 6. The summed E-state index contributed by atoms with van der Waals surface area (Å²) < 4.78 is 5.41. The predicted molar refractivity (Wildman–Crippen MR) is 135 cm³/mol. The minimum atomic E-state index is -0.997. The summed E-state index contributed by atoms with van der Waals surface area (Å²) in [7, 11) is 1.53. The van der Waals surface area contributed by atoms with Crippen LogP contribution < -0.4 is 15.4 Å². The summed E-state index contributed by atoms with van der Waals surface area (Å²) in [4.78, 5) is 56.7. The molecule has 0 spiro atoms. The minimum absolute atomic E-state index is 0.0167. The number of hydrogen-bond donors (Lipinski definition) is 4. The molecule has 5 atom stereocenters. The van der Waals surface area contributed by atoms with Crippen LogP contribution in [0.2, 0.25) is 5.02 Å². The van der Waals surface area contributed by atoms with Gasteiger partial charge in [0.2, 0.25) is 11.8 Å². The number of aliphatic hydroxyl groups excluding tert-OH is 1. The minimum Gasteiger partial charge on any atom is -0.496 e. The fourth-order valence-electron chi connectivity index (χ4n) is 6.25. The van der Waals surface area contributed by atoms with Gasteiger partial charge in [0.05, 0.1) is 18.7 Å². The van der Waals surface area contributed by atoms with Gasteiger partial charge in [-0.05, 0) is 55.7 Å². The smallest absolute Gasteiger partial charge is 0.271 e. The van der Waals surface area contributed by atoms with Crippen molar-refractivity contribution in [1.29, 1.82) is 0 Å². The monoisotopic (exact) mass is 530 g/mol. The summed E-state index contributed by atoms with van der Waals surface area (Å²) in [5.41, 5.74) is 0.968. The van der Waals surface area contributed by atoms with E-state index in [-0.39, 0.29) is 30.1 Å². The lowest BCUT2D eigenvalue weighted by Crippen LogP contribution is -2.53. The van der Waals surface area contributed by atoms with Crippen LogP contribution in [0.4, 0.5) is 0 Å². The standard InChI is InChI=1S/C26H31ClN4O6/c1-37-22-9-15(27)8-18-17(22)10-20(29-18)26(36)31-11-14-3-2-4-16(14)23(31)25(35)30-19(21(33)12-32)7-13-5-6-28-24(13)34/h8-10,13-14,16,19,23,29,32H,2-7,11-12H2,1H3,(H,28,34)(H,30,35)/t13-,14-,16-,19-,23-/m0/s1. The van der Waals surface area contributed by atoms with Gasteiger partial charge in [-0.3, -0.25) is 19.2 Å². The van der Waals surface area contributed by atoms with E-state index in [4.69, 9.17) is 16.3 Å². The number of Topliss-reactive ketones (excluding diaryl/α,β-unsaturated/α-hetero) is 1. The molecular formula is C26H31ClN4O6. The highest BCUT2D eigenvalue weighted by Crippen LogP contribution is 2.43. The van der Waals surface area contributed by atoms with Gasteiger partial charge in [0.15, 0.2) is 5.78 Å². The van der Waals surface area contributed by atoms with Crippen molar-refractivity contribution in [1.82, 2.24) is 20.5 Å². The van der Waals surface area contributed by atoms with Gasteiger partial charge >= 0.3 is 0 Å². The van der Waals surface area contributed by atoms with Crippen molar-refractivity contribution in [2.75, 3.05) is 26.8 Å². The zero-order valence-corrected chi connectivity index (χ0v) is 21.3. The molecule has 0 bridgehead atoms. The van der Waals surface area contributed by atoms with Crippen LogP contribution in [0, 0.1) is 17.8 Å². The van der Waals surface area contributed by atoms with Crippen molar-refractivity contribution in [2.45, 2.75) is 44.2 Å². The number of rotatable bonds is 8. The number of aromatic amines is 1. The van der Waals surface area contributed by atoms with Gasteiger partial charge in [-0.1, -0.05) is 18.0 Å². The SMILES string of the molecule is COc1cc(Cl)cc2[nH]c(C(=O)N3C[C@@H]4CCC[C@@H]4[C@H]3C(=O)N[C@@H](C[C@@H]3CCNC3=O)C(=O)CO)cc12. The molecule has 0 radical (unpaired) electrons. The highest BCUT2D eigenvalue weighted by molar-refractivity contribution is 6.31. The number of amides is 3. The molecule has 1 aromatic carbocycles. The largest absolute Gasteiger partial charge is 0.496 e. The Morgan fingerprint density at radius 1 is 1.24 bits per heavy atom. The van der Waals surface area contributed by atoms with E-state index < -0.39 is 36.3 Å². The molecule has 2 aliphatic heterocycles. The number of ketones is 1. The average Bonchev–Trinajstić information content (AvgIpc) is 3.66. The molecule has 3 heterocycles. The maximum Gasteiger partial charge on any atom is 0.271 e. The third-order valence-corrected chi connectivity index (χ3v) is 8.30. The van der Waals surface area contributed by atoms with Crippen molar-refractivity contribution in [3.05, 3.63) is 28.9 Å². The van der Waals surface area contributed by atoms with E-state index in [2.05, 4.69) is 15.6 Å². The van der Waals surface area contributed by atoms with Crippen LogP contribution in [0.15, 0.2) is 18.2 Å². The Bertz CT molecular complexity index is 1250. The molecule has 11 heteroatoms. The lowest BCUT2D eigenvalue weighted by molar-refractivity contribution is -0.133.